The van der Waals surface area contributed by atoms with Crippen LogP contribution in [0.3, 0.4) is 0 Å². The molecular formula is C20H35IN4O2. The van der Waals surface area contributed by atoms with Crippen molar-refractivity contribution in [3.8, 4) is 5.75 Å². The SMILES string of the molecule is CCNC(=NCCCCOCC)N1CCN(c2ccccc2OC)CC1.I. The topological polar surface area (TPSA) is 49.3 Å². The van der Waals surface area contributed by atoms with Crippen molar-refractivity contribution in [2.45, 2.75) is 26.7 Å². The number of nitrogens with zero attached hydrogens (tertiary/aromatic N) is 3. The number of halogens is 1. The maximum Gasteiger partial charge on any atom is 0.194 e. The van der Waals surface area contributed by atoms with E-state index in [0.717, 1.165) is 77.0 Å². The minimum atomic E-state index is 0. The van der Waals surface area contributed by atoms with Gasteiger partial charge in [-0.2, -0.15) is 0 Å². The highest BCUT2D eigenvalue weighted by molar-refractivity contribution is 14.0. The summed E-state index contributed by atoms with van der Waals surface area (Å²) in [5.41, 5.74) is 1.17. The Kier molecular flexibility index (Phi) is 12.2. The minimum absolute atomic E-state index is 0. The molecule has 7 heteroatoms. The molecule has 0 spiro atoms. The van der Waals surface area contributed by atoms with E-state index in [1.165, 1.54) is 5.69 Å². The summed E-state index contributed by atoms with van der Waals surface area (Å²) in [6.07, 6.45) is 2.13. The van der Waals surface area contributed by atoms with Gasteiger partial charge in [-0.05, 0) is 38.8 Å². The van der Waals surface area contributed by atoms with Crippen LogP contribution < -0.4 is 15.0 Å². The zero-order valence-electron chi connectivity index (χ0n) is 16.9. The van der Waals surface area contributed by atoms with Crippen LogP contribution in [0.25, 0.3) is 0 Å². The summed E-state index contributed by atoms with van der Waals surface area (Å²) in [7, 11) is 1.73. The van der Waals surface area contributed by atoms with Crippen LogP contribution >= 0.6 is 24.0 Å². The molecule has 1 aliphatic heterocycles. The molecule has 0 saturated carbocycles. The number of ether oxygens (including phenoxy) is 2. The van der Waals surface area contributed by atoms with E-state index in [2.05, 4.69) is 34.2 Å². The van der Waals surface area contributed by atoms with Crippen molar-refractivity contribution in [2.24, 2.45) is 4.99 Å². The Morgan fingerprint density at radius 3 is 2.52 bits per heavy atom. The molecule has 0 aromatic heterocycles. The summed E-state index contributed by atoms with van der Waals surface area (Å²) < 4.78 is 10.9. The van der Waals surface area contributed by atoms with Crippen LogP contribution in [0.15, 0.2) is 29.3 Å². The van der Waals surface area contributed by atoms with E-state index in [9.17, 15) is 0 Å². The van der Waals surface area contributed by atoms with Crippen molar-refractivity contribution in [1.82, 2.24) is 10.2 Å². The second-order valence-corrected chi connectivity index (χ2v) is 6.29. The second-order valence-electron chi connectivity index (χ2n) is 6.29. The number of aliphatic imine (C=N–C) groups is 1. The molecule has 1 heterocycles. The first-order valence-electron chi connectivity index (χ1n) is 9.79. The first-order chi connectivity index (χ1) is 12.8. The van der Waals surface area contributed by atoms with Crippen molar-refractivity contribution < 1.29 is 9.47 Å². The third kappa shape index (κ3) is 7.73. The number of guanidine groups is 1. The molecule has 1 aromatic rings. The molecule has 1 N–H and O–H groups in total. The molecule has 1 aliphatic rings. The van der Waals surface area contributed by atoms with Gasteiger partial charge in [-0.15, -0.1) is 24.0 Å². The van der Waals surface area contributed by atoms with Gasteiger partial charge in [0, 0.05) is 52.5 Å². The largest absolute Gasteiger partial charge is 0.495 e. The Morgan fingerprint density at radius 2 is 1.85 bits per heavy atom. The van der Waals surface area contributed by atoms with E-state index >= 15 is 0 Å². The number of piperazine rings is 1. The Bertz CT molecular complexity index is 549. The van der Waals surface area contributed by atoms with E-state index in [1.54, 1.807) is 7.11 Å². The van der Waals surface area contributed by atoms with Crippen LogP contribution in [-0.4, -0.2) is 70.5 Å². The molecule has 0 bridgehead atoms. The highest BCUT2D eigenvalue weighted by atomic mass is 127. The van der Waals surface area contributed by atoms with Crippen molar-refractivity contribution >= 4 is 35.6 Å². The number of unbranched alkanes of at least 4 members (excludes halogenated alkanes) is 1. The van der Waals surface area contributed by atoms with Gasteiger partial charge in [-0.1, -0.05) is 12.1 Å². The number of methoxy groups -OCH3 is 1. The van der Waals surface area contributed by atoms with Crippen LogP contribution in [0.2, 0.25) is 0 Å². The summed E-state index contributed by atoms with van der Waals surface area (Å²) in [5.74, 6) is 1.97. The lowest BCUT2D eigenvalue weighted by Crippen LogP contribution is -2.52. The molecule has 0 amide bonds. The molecule has 6 nitrogen and oxygen atoms in total. The predicted molar refractivity (Wildman–Crippen MR) is 124 cm³/mol. The first kappa shape index (κ1) is 23.8. The van der Waals surface area contributed by atoms with Crippen LogP contribution in [0, 0.1) is 0 Å². The molecule has 0 radical (unpaired) electrons. The Balaban J connectivity index is 0.00000364. The smallest absolute Gasteiger partial charge is 0.194 e. The molecule has 1 fully saturated rings. The van der Waals surface area contributed by atoms with Crippen molar-refractivity contribution in [2.75, 3.05) is 64.5 Å². The van der Waals surface area contributed by atoms with Crippen LogP contribution in [-0.2, 0) is 4.74 Å². The van der Waals surface area contributed by atoms with Crippen molar-refractivity contribution in [1.29, 1.82) is 0 Å². The zero-order chi connectivity index (χ0) is 18.6. The number of hydrogen-bond donors (Lipinski definition) is 1. The molecule has 2 rings (SSSR count). The monoisotopic (exact) mass is 490 g/mol. The van der Waals surface area contributed by atoms with E-state index < -0.39 is 0 Å². The Labute approximate surface area is 181 Å². The normalized spacial score (nSPS) is 14.7. The average Bonchev–Trinajstić information content (AvgIpc) is 2.70. The maximum absolute atomic E-state index is 5.50. The summed E-state index contributed by atoms with van der Waals surface area (Å²) in [4.78, 5) is 9.55. The summed E-state index contributed by atoms with van der Waals surface area (Å²) in [6.45, 7) is 11.4. The number of rotatable bonds is 9. The Morgan fingerprint density at radius 1 is 1.11 bits per heavy atom. The van der Waals surface area contributed by atoms with Gasteiger partial charge in [-0.25, -0.2) is 0 Å². The highest BCUT2D eigenvalue weighted by Crippen LogP contribution is 2.28. The van der Waals surface area contributed by atoms with E-state index in [-0.39, 0.29) is 24.0 Å². The molecule has 27 heavy (non-hydrogen) atoms. The number of para-hydroxylation sites is 2. The molecule has 0 unspecified atom stereocenters. The van der Waals surface area contributed by atoms with Gasteiger partial charge in [0.1, 0.15) is 5.75 Å². The molecule has 0 atom stereocenters. The molecule has 1 saturated heterocycles. The fourth-order valence-corrected chi connectivity index (χ4v) is 3.12. The standard InChI is InChI=1S/C20H34N4O2.HI/c1-4-21-20(22-12-8-9-17-26-5-2)24-15-13-23(14-16-24)18-10-6-7-11-19(18)25-3;/h6-7,10-11H,4-5,8-9,12-17H2,1-3H3,(H,21,22);1H. The highest BCUT2D eigenvalue weighted by Gasteiger charge is 2.21. The number of nitrogens with one attached hydrogen (secondary N) is 1. The van der Waals surface area contributed by atoms with Crippen LogP contribution in [0.1, 0.15) is 26.7 Å². The zero-order valence-corrected chi connectivity index (χ0v) is 19.3. The van der Waals surface area contributed by atoms with Gasteiger partial charge in [0.2, 0.25) is 0 Å². The fraction of sp³-hybridized carbons (Fsp3) is 0.650. The molecule has 154 valence electrons. The second kappa shape index (κ2) is 13.9. The fourth-order valence-electron chi connectivity index (χ4n) is 3.12. The lowest BCUT2D eigenvalue weighted by Gasteiger charge is -2.38. The lowest BCUT2D eigenvalue weighted by atomic mass is 10.2. The van der Waals surface area contributed by atoms with Gasteiger partial charge < -0.3 is 24.6 Å². The van der Waals surface area contributed by atoms with Gasteiger partial charge >= 0.3 is 0 Å². The first-order valence-corrected chi connectivity index (χ1v) is 9.79. The third-order valence-corrected chi connectivity index (χ3v) is 4.50. The minimum Gasteiger partial charge on any atom is -0.495 e. The van der Waals surface area contributed by atoms with Gasteiger partial charge in [0.05, 0.1) is 12.8 Å². The molecular weight excluding hydrogens is 455 g/mol. The van der Waals surface area contributed by atoms with Crippen molar-refractivity contribution in [3.63, 3.8) is 0 Å². The number of hydrogen-bond acceptors (Lipinski definition) is 4. The molecule has 0 aliphatic carbocycles. The van der Waals surface area contributed by atoms with Crippen LogP contribution in [0.5, 0.6) is 5.75 Å². The quantitative estimate of drug-likeness (QED) is 0.249. The van der Waals surface area contributed by atoms with Gasteiger partial charge in [0.15, 0.2) is 5.96 Å². The summed E-state index contributed by atoms with van der Waals surface area (Å²) >= 11 is 0. The van der Waals surface area contributed by atoms with Gasteiger partial charge in [-0.3, -0.25) is 4.99 Å². The van der Waals surface area contributed by atoms with E-state index in [4.69, 9.17) is 14.5 Å². The Hall–Kier alpha value is -1.22. The maximum atomic E-state index is 5.50. The number of anilines is 1. The van der Waals surface area contributed by atoms with Gasteiger partial charge in [0.25, 0.3) is 0 Å². The average molecular weight is 490 g/mol. The summed E-state index contributed by atoms with van der Waals surface area (Å²) in [6, 6.07) is 8.24. The van der Waals surface area contributed by atoms with E-state index in [1.807, 2.05) is 19.1 Å². The summed E-state index contributed by atoms with van der Waals surface area (Å²) in [5, 5.41) is 3.43. The third-order valence-electron chi connectivity index (χ3n) is 4.50. The van der Waals surface area contributed by atoms with Crippen molar-refractivity contribution in [3.05, 3.63) is 24.3 Å². The lowest BCUT2D eigenvalue weighted by molar-refractivity contribution is 0.144. The number of benzene rings is 1. The van der Waals surface area contributed by atoms with Crippen LogP contribution in [0.4, 0.5) is 5.69 Å². The predicted octanol–water partition coefficient (Wildman–Crippen LogP) is 3.22. The molecule has 1 aromatic carbocycles. The van der Waals surface area contributed by atoms with E-state index in [0.29, 0.717) is 0 Å².